The molecule has 4 nitrogen and oxygen atoms in total. The van der Waals surface area contributed by atoms with Gasteiger partial charge in [0.2, 0.25) is 0 Å². The summed E-state index contributed by atoms with van der Waals surface area (Å²) in [5.74, 6) is 1.75. The quantitative estimate of drug-likeness (QED) is 0.791. The summed E-state index contributed by atoms with van der Waals surface area (Å²) in [6.07, 6.45) is 1.69. The Labute approximate surface area is 94.9 Å². The van der Waals surface area contributed by atoms with Gasteiger partial charge in [-0.25, -0.2) is 0 Å². The molecule has 0 aliphatic heterocycles. The molecular weight excluding hydrogens is 202 g/mol. The van der Waals surface area contributed by atoms with Gasteiger partial charge in [0.05, 0.1) is 6.61 Å². The van der Waals surface area contributed by atoms with Gasteiger partial charge >= 0.3 is 0 Å². The monoisotopic (exact) mass is 217 g/mol. The number of aryl methyl sites for hydroxylation is 2. The van der Waals surface area contributed by atoms with Gasteiger partial charge in [-0.05, 0) is 25.5 Å². The molecule has 0 N–H and O–H groups in total. The maximum absolute atomic E-state index is 5.56. The first-order chi connectivity index (χ1) is 7.72. The van der Waals surface area contributed by atoms with Gasteiger partial charge in [0.15, 0.2) is 5.82 Å². The number of hydrogen-bond donors (Lipinski definition) is 0. The van der Waals surface area contributed by atoms with E-state index in [2.05, 4.69) is 10.2 Å². The van der Waals surface area contributed by atoms with E-state index in [1.807, 2.05) is 43.7 Å². The van der Waals surface area contributed by atoms with E-state index in [0.29, 0.717) is 6.61 Å². The van der Waals surface area contributed by atoms with Crippen molar-refractivity contribution in [3.8, 4) is 17.1 Å². The summed E-state index contributed by atoms with van der Waals surface area (Å²) >= 11 is 0. The van der Waals surface area contributed by atoms with Gasteiger partial charge in [0, 0.05) is 12.6 Å². The van der Waals surface area contributed by atoms with E-state index >= 15 is 0 Å². The Balaban J connectivity index is 2.43. The minimum atomic E-state index is 0.670. The highest BCUT2D eigenvalue weighted by molar-refractivity contribution is 5.59. The predicted molar refractivity (Wildman–Crippen MR) is 62.3 cm³/mol. The average Bonchev–Trinajstić information content (AvgIpc) is 2.68. The first kappa shape index (κ1) is 10.7. The van der Waals surface area contributed by atoms with Crippen molar-refractivity contribution >= 4 is 0 Å². The SMILES string of the molecule is CCOc1cc(-c2nncn2C)ccc1C. The van der Waals surface area contributed by atoms with Crippen LogP contribution in [-0.2, 0) is 7.05 Å². The van der Waals surface area contributed by atoms with Gasteiger partial charge in [0.1, 0.15) is 12.1 Å². The van der Waals surface area contributed by atoms with E-state index in [0.717, 1.165) is 22.7 Å². The van der Waals surface area contributed by atoms with Gasteiger partial charge in [-0.15, -0.1) is 10.2 Å². The van der Waals surface area contributed by atoms with Crippen molar-refractivity contribution < 1.29 is 4.74 Å². The molecule has 0 radical (unpaired) electrons. The molecule has 84 valence electrons. The Morgan fingerprint density at radius 3 is 2.81 bits per heavy atom. The Morgan fingerprint density at radius 1 is 1.38 bits per heavy atom. The summed E-state index contributed by atoms with van der Waals surface area (Å²) < 4.78 is 7.45. The fourth-order valence-electron chi connectivity index (χ4n) is 1.59. The molecule has 16 heavy (non-hydrogen) atoms. The van der Waals surface area contributed by atoms with E-state index in [1.54, 1.807) is 6.33 Å². The lowest BCUT2D eigenvalue weighted by molar-refractivity contribution is 0.338. The molecule has 0 saturated carbocycles. The van der Waals surface area contributed by atoms with Crippen LogP contribution in [0.25, 0.3) is 11.4 Å². The molecule has 1 heterocycles. The molecule has 2 aromatic rings. The van der Waals surface area contributed by atoms with E-state index in [4.69, 9.17) is 4.74 Å². The normalized spacial score (nSPS) is 10.4. The molecule has 0 amide bonds. The summed E-state index contributed by atoms with van der Waals surface area (Å²) in [6.45, 7) is 4.68. The summed E-state index contributed by atoms with van der Waals surface area (Å²) in [7, 11) is 1.93. The first-order valence-electron chi connectivity index (χ1n) is 5.30. The highest BCUT2D eigenvalue weighted by Gasteiger charge is 2.07. The van der Waals surface area contributed by atoms with Crippen molar-refractivity contribution in [2.24, 2.45) is 7.05 Å². The van der Waals surface area contributed by atoms with E-state index in [9.17, 15) is 0 Å². The standard InChI is InChI=1S/C12H15N3O/c1-4-16-11-7-10(6-5-9(11)2)12-14-13-8-15(12)3/h5-8H,4H2,1-3H3. The van der Waals surface area contributed by atoms with Crippen LogP contribution in [0.3, 0.4) is 0 Å². The number of ether oxygens (including phenoxy) is 1. The molecule has 1 aromatic heterocycles. The van der Waals surface area contributed by atoms with Gasteiger partial charge in [-0.3, -0.25) is 0 Å². The van der Waals surface area contributed by atoms with E-state index in [1.165, 1.54) is 0 Å². The van der Waals surface area contributed by atoms with E-state index < -0.39 is 0 Å². The minimum absolute atomic E-state index is 0.670. The van der Waals surface area contributed by atoms with Crippen LogP contribution in [0.2, 0.25) is 0 Å². The Bertz CT molecular complexity index is 491. The fraction of sp³-hybridized carbons (Fsp3) is 0.333. The van der Waals surface area contributed by atoms with Crippen molar-refractivity contribution in [2.45, 2.75) is 13.8 Å². The molecule has 2 rings (SSSR count). The van der Waals surface area contributed by atoms with Crippen LogP contribution in [0.4, 0.5) is 0 Å². The zero-order valence-corrected chi connectivity index (χ0v) is 9.77. The van der Waals surface area contributed by atoms with E-state index in [-0.39, 0.29) is 0 Å². The summed E-state index contributed by atoms with van der Waals surface area (Å²) in [5, 5.41) is 7.94. The van der Waals surface area contributed by atoms with Crippen molar-refractivity contribution in [3.05, 3.63) is 30.1 Å². The molecule has 0 aliphatic rings. The predicted octanol–water partition coefficient (Wildman–Crippen LogP) is 2.19. The van der Waals surface area contributed by atoms with Crippen LogP contribution in [-0.4, -0.2) is 21.4 Å². The molecule has 0 fully saturated rings. The Morgan fingerprint density at radius 2 is 2.19 bits per heavy atom. The topological polar surface area (TPSA) is 39.9 Å². The summed E-state index contributed by atoms with van der Waals surface area (Å²) in [6, 6.07) is 6.07. The lowest BCUT2D eigenvalue weighted by atomic mass is 10.1. The largest absolute Gasteiger partial charge is 0.494 e. The second-order valence-electron chi connectivity index (χ2n) is 3.68. The molecule has 0 aliphatic carbocycles. The number of nitrogens with zero attached hydrogens (tertiary/aromatic N) is 3. The van der Waals surface area contributed by atoms with Crippen LogP contribution in [0, 0.1) is 6.92 Å². The first-order valence-corrected chi connectivity index (χ1v) is 5.30. The molecule has 0 bridgehead atoms. The van der Waals surface area contributed by atoms with Crippen LogP contribution in [0.5, 0.6) is 5.75 Å². The lowest BCUT2D eigenvalue weighted by Crippen LogP contribution is -1.96. The fourth-order valence-corrected chi connectivity index (χ4v) is 1.59. The van der Waals surface area contributed by atoms with Gasteiger partial charge < -0.3 is 9.30 Å². The van der Waals surface area contributed by atoms with Crippen molar-refractivity contribution in [2.75, 3.05) is 6.61 Å². The Kier molecular flexibility index (Phi) is 2.90. The summed E-state index contributed by atoms with van der Waals surface area (Å²) in [4.78, 5) is 0. The van der Waals surface area contributed by atoms with Crippen molar-refractivity contribution in [3.63, 3.8) is 0 Å². The number of hydrogen-bond acceptors (Lipinski definition) is 3. The lowest BCUT2D eigenvalue weighted by Gasteiger charge is -2.08. The van der Waals surface area contributed by atoms with Crippen LogP contribution in [0.1, 0.15) is 12.5 Å². The number of aromatic nitrogens is 3. The second kappa shape index (κ2) is 4.35. The molecule has 4 heteroatoms. The second-order valence-corrected chi connectivity index (χ2v) is 3.68. The zero-order chi connectivity index (χ0) is 11.5. The number of rotatable bonds is 3. The molecule has 0 atom stereocenters. The molecular formula is C12H15N3O. The minimum Gasteiger partial charge on any atom is -0.494 e. The van der Waals surface area contributed by atoms with Crippen LogP contribution < -0.4 is 4.74 Å². The molecule has 0 saturated heterocycles. The third-order valence-corrected chi connectivity index (χ3v) is 2.46. The number of benzene rings is 1. The molecule has 0 unspecified atom stereocenters. The maximum atomic E-state index is 5.56. The van der Waals surface area contributed by atoms with Gasteiger partial charge in [-0.2, -0.15) is 0 Å². The average molecular weight is 217 g/mol. The highest BCUT2D eigenvalue weighted by atomic mass is 16.5. The van der Waals surface area contributed by atoms with Gasteiger partial charge in [-0.1, -0.05) is 12.1 Å². The molecule has 1 aromatic carbocycles. The van der Waals surface area contributed by atoms with Gasteiger partial charge in [0.25, 0.3) is 0 Å². The van der Waals surface area contributed by atoms with Crippen LogP contribution in [0.15, 0.2) is 24.5 Å². The zero-order valence-electron chi connectivity index (χ0n) is 9.77. The third kappa shape index (κ3) is 1.91. The van der Waals surface area contributed by atoms with Crippen molar-refractivity contribution in [1.29, 1.82) is 0 Å². The summed E-state index contributed by atoms with van der Waals surface area (Å²) in [5.41, 5.74) is 2.15. The molecule has 0 spiro atoms. The van der Waals surface area contributed by atoms with Crippen LogP contribution >= 0.6 is 0 Å². The maximum Gasteiger partial charge on any atom is 0.163 e. The third-order valence-electron chi connectivity index (χ3n) is 2.46. The highest BCUT2D eigenvalue weighted by Crippen LogP contribution is 2.25. The smallest absolute Gasteiger partial charge is 0.163 e. The Hall–Kier alpha value is -1.84. The van der Waals surface area contributed by atoms with Crippen molar-refractivity contribution in [1.82, 2.24) is 14.8 Å².